The van der Waals surface area contributed by atoms with E-state index in [-0.39, 0.29) is 0 Å². The lowest BCUT2D eigenvalue weighted by molar-refractivity contribution is 0.323. The quantitative estimate of drug-likeness (QED) is 0.913. The molecule has 0 heterocycles. The highest BCUT2D eigenvalue weighted by atomic mass is 79.9. The van der Waals surface area contributed by atoms with Crippen LogP contribution in [0.25, 0.3) is 0 Å². The van der Waals surface area contributed by atoms with Crippen LogP contribution in [0.1, 0.15) is 31.7 Å². The van der Waals surface area contributed by atoms with Gasteiger partial charge < -0.3 is 10.1 Å². The molecule has 0 amide bonds. The second-order valence-corrected chi connectivity index (χ2v) is 6.53. The minimum Gasteiger partial charge on any atom is -0.497 e. The van der Waals surface area contributed by atoms with Crippen LogP contribution in [-0.2, 0) is 6.42 Å². The van der Waals surface area contributed by atoms with Gasteiger partial charge in [-0.3, -0.25) is 0 Å². The maximum atomic E-state index is 5.32. The lowest BCUT2D eigenvalue weighted by Gasteiger charge is -2.25. The molecular weight excluding hydrogens is 290 g/mol. The number of hydrogen-bond donors (Lipinski definition) is 1. The van der Waals surface area contributed by atoms with Crippen LogP contribution in [0.5, 0.6) is 5.75 Å². The van der Waals surface area contributed by atoms with Crippen LogP contribution in [0.3, 0.4) is 0 Å². The molecule has 1 aliphatic rings. The lowest BCUT2D eigenvalue weighted by atomic mass is 9.82. The molecule has 0 aliphatic heterocycles. The van der Waals surface area contributed by atoms with E-state index in [0.29, 0.717) is 11.5 Å². The molecule has 1 saturated carbocycles. The highest BCUT2D eigenvalue weighted by Gasteiger charge is 2.34. The first kappa shape index (κ1) is 13.9. The number of nitrogens with one attached hydrogen (secondary N) is 1. The van der Waals surface area contributed by atoms with E-state index in [0.717, 1.165) is 12.2 Å². The maximum Gasteiger partial charge on any atom is 0.119 e. The minimum atomic E-state index is 0.405. The predicted molar refractivity (Wildman–Crippen MR) is 79.2 cm³/mol. The average molecular weight is 312 g/mol. The second kappa shape index (κ2) is 5.62. The molecule has 100 valence electrons. The Morgan fingerprint density at radius 2 is 2.28 bits per heavy atom. The zero-order valence-corrected chi connectivity index (χ0v) is 13.0. The Balaban J connectivity index is 2.13. The summed E-state index contributed by atoms with van der Waals surface area (Å²) in [5, 5.41) is 3.41. The second-order valence-electron chi connectivity index (χ2n) is 5.67. The first-order valence-corrected chi connectivity index (χ1v) is 7.35. The fraction of sp³-hybridized carbons (Fsp3) is 0.600. The Labute approximate surface area is 118 Å². The van der Waals surface area contributed by atoms with Gasteiger partial charge in [0.1, 0.15) is 5.75 Å². The van der Waals surface area contributed by atoms with E-state index < -0.39 is 0 Å². The number of benzene rings is 1. The first-order chi connectivity index (χ1) is 8.56. The molecule has 0 saturated heterocycles. The van der Waals surface area contributed by atoms with Gasteiger partial charge in [-0.25, -0.2) is 0 Å². The molecule has 2 nitrogen and oxygen atoms in total. The zero-order chi connectivity index (χ0) is 13.2. The van der Waals surface area contributed by atoms with E-state index in [1.807, 2.05) is 6.07 Å². The van der Waals surface area contributed by atoms with Crippen molar-refractivity contribution in [2.24, 2.45) is 5.41 Å². The molecule has 2 atom stereocenters. The third-order valence-electron chi connectivity index (χ3n) is 4.11. The van der Waals surface area contributed by atoms with Crippen molar-refractivity contribution < 1.29 is 4.74 Å². The summed E-state index contributed by atoms with van der Waals surface area (Å²) in [4.78, 5) is 0. The molecule has 3 heteroatoms. The van der Waals surface area contributed by atoms with E-state index in [2.05, 4.69) is 47.4 Å². The van der Waals surface area contributed by atoms with Crippen molar-refractivity contribution in [3.8, 4) is 5.75 Å². The van der Waals surface area contributed by atoms with Gasteiger partial charge in [0, 0.05) is 10.5 Å². The molecule has 1 aromatic carbocycles. The first-order valence-electron chi connectivity index (χ1n) is 6.56. The Hall–Kier alpha value is -0.540. The molecule has 2 rings (SSSR count). The molecule has 18 heavy (non-hydrogen) atoms. The summed E-state index contributed by atoms with van der Waals surface area (Å²) in [5.74, 6) is 0.944. The zero-order valence-electron chi connectivity index (χ0n) is 11.4. The summed E-state index contributed by atoms with van der Waals surface area (Å²) in [7, 11) is 3.79. The van der Waals surface area contributed by atoms with Gasteiger partial charge >= 0.3 is 0 Å². The molecule has 0 radical (unpaired) electrons. The lowest BCUT2D eigenvalue weighted by Crippen LogP contribution is -2.24. The van der Waals surface area contributed by atoms with E-state index >= 15 is 0 Å². The predicted octanol–water partition coefficient (Wildman–Crippen LogP) is 3.78. The van der Waals surface area contributed by atoms with Crippen LogP contribution in [0.15, 0.2) is 22.7 Å². The Kier molecular flexibility index (Phi) is 4.33. The monoisotopic (exact) mass is 311 g/mol. The smallest absolute Gasteiger partial charge is 0.119 e. The van der Waals surface area contributed by atoms with Crippen molar-refractivity contribution in [2.75, 3.05) is 14.2 Å². The van der Waals surface area contributed by atoms with Crippen LogP contribution < -0.4 is 10.1 Å². The summed E-state index contributed by atoms with van der Waals surface area (Å²) < 4.78 is 6.51. The van der Waals surface area contributed by atoms with Gasteiger partial charge in [0.05, 0.1) is 7.11 Å². The highest BCUT2D eigenvalue weighted by molar-refractivity contribution is 9.10. The number of halogens is 1. The van der Waals surface area contributed by atoms with Crippen LogP contribution in [0.2, 0.25) is 0 Å². The third kappa shape index (κ3) is 3.07. The molecule has 1 N–H and O–H groups in total. The fourth-order valence-electron chi connectivity index (χ4n) is 3.00. The average Bonchev–Trinajstić information content (AvgIpc) is 2.74. The standard InChI is InChI=1S/C15H22BrNO/c1-15(7-6-12(10-15)17-2)9-11-8-13(18-3)4-5-14(11)16/h4-5,8,12,17H,6-7,9-10H2,1-3H3. The van der Waals surface area contributed by atoms with Gasteiger partial charge in [0.2, 0.25) is 0 Å². The van der Waals surface area contributed by atoms with Gasteiger partial charge in [-0.1, -0.05) is 22.9 Å². The van der Waals surface area contributed by atoms with Gasteiger partial charge in [0.15, 0.2) is 0 Å². The van der Waals surface area contributed by atoms with Gasteiger partial charge in [-0.2, -0.15) is 0 Å². The summed E-state index contributed by atoms with van der Waals surface area (Å²) >= 11 is 3.65. The number of methoxy groups -OCH3 is 1. The fourth-order valence-corrected chi connectivity index (χ4v) is 3.39. The SMILES string of the molecule is CNC1CCC(C)(Cc2cc(OC)ccc2Br)C1. The summed E-state index contributed by atoms with van der Waals surface area (Å²) in [6.45, 7) is 2.40. The van der Waals surface area contributed by atoms with Crippen molar-refractivity contribution in [3.05, 3.63) is 28.2 Å². The van der Waals surface area contributed by atoms with Crippen LogP contribution in [0, 0.1) is 5.41 Å². The van der Waals surface area contributed by atoms with Gasteiger partial charge in [-0.15, -0.1) is 0 Å². The number of hydrogen-bond acceptors (Lipinski definition) is 2. The van der Waals surface area contributed by atoms with Gasteiger partial charge in [-0.05, 0) is 61.9 Å². The minimum absolute atomic E-state index is 0.405. The Bertz CT molecular complexity index is 421. The van der Waals surface area contributed by atoms with Crippen molar-refractivity contribution in [1.82, 2.24) is 5.32 Å². The van der Waals surface area contributed by atoms with Crippen molar-refractivity contribution >= 4 is 15.9 Å². The van der Waals surface area contributed by atoms with Crippen LogP contribution in [0.4, 0.5) is 0 Å². The van der Waals surface area contributed by atoms with Crippen molar-refractivity contribution in [1.29, 1.82) is 0 Å². The van der Waals surface area contributed by atoms with Crippen LogP contribution >= 0.6 is 15.9 Å². The maximum absolute atomic E-state index is 5.32. The van der Waals surface area contributed by atoms with Crippen molar-refractivity contribution in [3.63, 3.8) is 0 Å². The van der Waals surface area contributed by atoms with Crippen LogP contribution in [-0.4, -0.2) is 20.2 Å². The Morgan fingerprint density at radius 1 is 1.50 bits per heavy atom. The molecule has 0 bridgehead atoms. The third-order valence-corrected chi connectivity index (χ3v) is 4.89. The summed E-state index contributed by atoms with van der Waals surface area (Å²) in [5.41, 5.74) is 1.76. The highest BCUT2D eigenvalue weighted by Crippen LogP contribution is 2.42. The Morgan fingerprint density at radius 3 is 2.89 bits per heavy atom. The van der Waals surface area contributed by atoms with E-state index in [4.69, 9.17) is 4.74 Å². The van der Waals surface area contributed by atoms with E-state index in [1.165, 1.54) is 29.3 Å². The summed E-state index contributed by atoms with van der Waals surface area (Å²) in [6, 6.07) is 6.92. The molecule has 1 aromatic rings. The molecule has 2 unspecified atom stereocenters. The van der Waals surface area contributed by atoms with E-state index in [9.17, 15) is 0 Å². The summed E-state index contributed by atoms with van der Waals surface area (Å²) in [6.07, 6.45) is 4.95. The largest absolute Gasteiger partial charge is 0.497 e. The van der Waals surface area contributed by atoms with Gasteiger partial charge in [0.25, 0.3) is 0 Å². The molecule has 0 aromatic heterocycles. The number of ether oxygens (including phenoxy) is 1. The topological polar surface area (TPSA) is 21.3 Å². The normalized spacial score (nSPS) is 27.4. The number of rotatable bonds is 4. The molecule has 0 spiro atoms. The molecule has 1 aliphatic carbocycles. The molecule has 1 fully saturated rings. The molecular formula is C15H22BrNO. The van der Waals surface area contributed by atoms with E-state index in [1.54, 1.807) is 7.11 Å². The van der Waals surface area contributed by atoms with Crippen molar-refractivity contribution in [2.45, 2.75) is 38.6 Å².